The van der Waals surface area contributed by atoms with Gasteiger partial charge < -0.3 is 37.6 Å². The number of nitrogens with one attached hydrogen (secondary N) is 4. The Labute approximate surface area is 243 Å². The zero-order valence-corrected chi connectivity index (χ0v) is 23.8. The van der Waals surface area contributed by atoms with Gasteiger partial charge in [0.1, 0.15) is 23.9 Å². The molecule has 0 unspecified atom stereocenters. The third-order valence-electron chi connectivity index (χ3n) is 6.31. The van der Waals surface area contributed by atoms with E-state index in [1.54, 1.807) is 0 Å². The number of hydrogen-bond acceptors (Lipinski definition) is 9. The Morgan fingerprint density at radius 3 is 1.93 bits per heavy atom. The highest BCUT2D eigenvalue weighted by Gasteiger charge is 2.32. The molecule has 0 saturated carbocycles. The summed E-state index contributed by atoms with van der Waals surface area (Å²) < 4.78 is 0. The number of carbonyl (C=O) groups is 6. The molecular formula is C27H42N6O9. The van der Waals surface area contributed by atoms with Crippen molar-refractivity contribution in [2.75, 3.05) is 6.54 Å². The van der Waals surface area contributed by atoms with Crippen molar-refractivity contribution in [3.63, 3.8) is 0 Å². The lowest BCUT2D eigenvalue weighted by atomic mass is 9.92. The predicted octanol–water partition coefficient (Wildman–Crippen LogP) is -0.964. The smallest absolute Gasteiger partial charge is 0.305 e. The van der Waals surface area contributed by atoms with Crippen LogP contribution in [0.1, 0.15) is 57.9 Å². The zero-order valence-electron chi connectivity index (χ0n) is 23.8. The van der Waals surface area contributed by atoms with Gasteiger partial charge in [0.25, 0.3) is 0 Å². The van der Waals surface area contributed by atoms with Gasteiger partial charge >= 0.3 is 5.97 Å². The molecule has 15 nitrogen and oxygen atoms in total. The first kappa shape index (κ1) is 35.8. The van der Waals surface area contributed by atoms with E-state index in [1.807, 2.05) is 13.8 Å². The standard InChI is InChI=1S/C27H42N6O9/c1-15(2)11-17(13-22(35)33-42)25(39)31-20(12-16-6-8-18(34)9-7-16)26(40)32-21(14-23(36)37)27(41)30-19(24(29)38)5-3-4-10-28/h6-9,15,17,19-21,34,42H,3-5,10-14,28H2,1-2H3,(H2,29,38)(H,30,41)(H,31,39)(H,32,40)(H,33,35)(H,36,37)/t17-,19+,20+,21+/m1/s1. The number of phenolic OH excluding ortho intramolecular Hbond substituents is 1. The summed E-state index contributed by atoms with van der Waals surface area (Å²) in [5.74, 6) is -6.60. The molecular weight excluding hydrogens is 552 g/mol. The van der Waals surface area contributed by atoms with Gasteiger partial charge in [0.2, 0.25) is 29.5 Å². The Hall–Kier alpha value is -4.24. The molecule has 1 aromatic carbocycles. The van der Waals surface area contributed by atoms with E-state index >= 15 is 0 Å². The molecule has 0 fully saturated rings. The normalized spacial score (nSPS) is 13.7. The van der Waals surface area contributed by atoms with Crippen LogP contribution < -0.4 is 32.9 Å². The van der Waals surface area contributed by atoms with E-state index in [0.717, 1.165) is 0 Å². The highest BCUT2D eigenvalue weighted by atomic mass is 16.5. The van der Waals surface area contributed by atoms with Crippen molar-refractivity contribution in [3.05, 3.63) is 29.8 Å². The monoisotopic (exact) mass is 594 g/mol. The van der Waals surface area contributed by atoms with Gasteiger partial charge in [-0.1, -0.05) is 26.0 Å². The molecule has 1 rings (SSSR count). The van der Waals surface area contributed by atoms with Crippen LogP contribution in [0.4, 0.5) is 0 Å². The fraction of sp³-hybridized carbons (Fsp3) is 0.556. The SMILES string of the molecule is CC(C)C[C@H](CC(=O)NO)C(=O)N[C@@H](Cc1ccc(O)cc1)C(=O)N[C@@H](CC(=O)O)C(=O)N[C@@H](CCCCN)C(N)=O. The number of aromatic hydroxyl groups is 1. The molecule has 0 aromatic heterocycles. The molecule has 0 bridgehead atoms. The summed E-state index contributed by atoms with van der Waals surface area (Å²) in [6, 6.07) is 1.66. The van der Waals surface area contributed by atoms with Gasteiger partial charge in [0.15, 0.2) is 0 Å². The molecule has 0 spiro atoms. The molecule has 42 heavy (non-hydrogen) atoms. The fourth-order valence-electron chi connectivity index (χ4n) is 4.20. The second-order valence-electron chi connectivity index (χ2n) is 10.4. The van der Waals surface area contributed by atoms with Crippen molar-refractivity contribution in [3.8, 4) is 5.75 Å². The molecule has 1 aromatic rings. The number of carbonyl (C=O) groups excluding carboxylic acids is 5. The maximum absolute atomic E-state index is 13.4. The molecule has 234 valence electrons. The minimum Gasteiger partial charge on any atom is -0.508 e. The third-order valence-corrected chi connectivity index (χ3v) is 6.31. The van der Waals surface area contributed by atoms with Crippen molar-refractivity contribution >= 4 is 35.5 Å². The van der Waals surface area contributed by atoms with E-state index in [4.69, 9.17) is 16.7 Å². The Kier molecular flexibility index (Phi) is 15.5. The summed E-state index contributed by atoms with van der Waals surface area (Å²) in [5.41, 5.74) is 12.8. The van der Waals surface area contributed by atoms with Crippen molar-refractivity contribution in [2.24, 2.45) is 23.3 Å². The molecule has 15 heteroatoms. The maximum Gasteiger partial charge on any atom is 0.305 e. The van der Waals surface area contributed by atoms with Crippen LogP contribution in [0.15, 0.2) is 24.3 Å². The Morgan fingerprint density at radius 1 is 0.833 bits per heavy atom. The summed E-state index contributed by atoms with van der Waals surface area (Å²) in [5, 5.41) is 35.2. The lowest BCUT2D eigenvalue weighted by Gasteiger charge is -2.26. The average molecular weight is 595 g/mol. The number of benzene rings is 1. The number of carboxylic acid groups (broad SMARTS) is 1. The van der Waals surface area contributed by atoms with E-state index in [2.05, 4.69) is 16.0 Å². The van der Waals surface area contributed by atoms with Crippen LogP contribution in [0.2, 0.25) is 0 Å². The number of hydroxylamine groups is 1. The van der Waals surface area contributed by atoms with Gasteiger partial charge in [0.05, 0.1) is 6.42 Å². The first-order valence-corrected chi connectivity index (χ1v) is 13.6. The quantitative estimate of drug-likeness (QED) is 0.0537. The van der Waals surface area contributed by atoms with Gasteiger partial charge in [-0.25, -0.2) is 5.48 Å². The van der Waals surface area contributed by atoms with Gasteiger partial charge in [-0.2, -0.15) is 0 Å². The van der Waals surface area contributed by atoms with Crippen LogP contribution in [-0.4, -0.2) is 75.6 Å². The number of aliphatic carboxylic acids is 1. The van der Waals surface area contributed by atoms with E-state index in [9.17, 15) is 39.0 Å². The van der Waals surface area contributed by atoms with Crippen LogP contribution >= 0.6 is 0 Å². The second-order valence-corrected chi connectivity index (χ2v) is 10.4. The average Bonchev–Trinajstić information content (AvgIpc) is 2.91. The molecule has 0 heterocycles. The maximum atomic E-state index is 13.4. The van der Waals surface area contributed by atoms with E-state index in [-0.39, 0.29) is 37.4 Å². The van der Waals surface area contributed by atoms with Gasteiger partial charge in [-0.15, -0.1) is 0 Å². The highest BCUT2D eigenvalue weighted by molar-refractivity contribution is 5.96. The van der Waals surface area contributed by atoms with Crippen LogP contribution in [0.5, 0.6) is 5.75 Å². The first-order valence-electron chi connectivity index (χ1n) is 13.6. The Bertz CT molecular complexity index is 1080. The van der Waals surface area contributed by atoms with Gasteiger partial charge in [-0.3, -0.25) is 34.0 Å². The molecule has 4 atom stereocenters. The van der Waals surface area contributed by atoms with Gasteiger partial charge in [-0.05, 0) is 55.8 Å². The summed E-state index contributed by atoms with van der Waals surface area (Å²) in [6.45, 7) is 4.00. The molecule has 5 amide bonds. The highest BCUT2D eigenvalue weighted by Crippen LogP contribution is 2.17. The summed E-state index contributed by atoms with van der Waals surface area (Å²) in [6.07, 6.45) is 0.107. The first-order chi connectivity index (χ1) is 19.8. The molecule has 11 N–H and O–H groups in total. The van der Waals surface area contributed by atoms with Crippen LogP contribution in [0.25, 0.3) is 0 Å². The zero-order chi connectivity index (χ0) is 31.8. The van der Waals surface area contributed by atoms with Crippen LogP contribution in [-0.2, 0) is 35.2 Å². The number of rotatable bonds is 19. The molecule has 0 radical (unpaired) electrons. The van der Waals surface area contributed by atoms with E-state index in [0.29, 0.717) is 24.9 Å². The van der Waals surface area contributed by atoms with Gasteiger partial charge in [0, 0.05) is 18.8 Å². The Balaban J connectivity index is 3.24. The van der Waals surface area contributed by atoms with Crippen LogP contribution in [0, 0.1) is 11.8 Å². The molecule has 0 aliphatic rings. The largest absolute Gasteiger partial charge is 0.508 e. The fourth-order valence-corrected chi connectivity index (χ4v) is 4.20. The number of unbranched alkanes of at least 4 members (excludes halogenated alkanes) is 1. The molecule has 0 aliphatic carbocycles. The number of primary amides is 1. The predicted molar refractivity (Wildman–Crippen MR) is 149 cm³/mol. The topological polar surface area (TPSA) is 263 Å². The lowest BCUT2D eigenvalue weighted by Crippen LogP contribution is -2.57. The van der Waals surface area contributed by atoms with Crippen molar-refractivity contribution < 1.29 is 44.2 Å². The summed E-state index contributed by atoms with van der Waals surface area (Å²) in [7, 11) is 0. The number of nitrogens with two attached hydrogens (primary N) is 2. The minimum atomic E-state index is -1.63. The minimum absolute atomic E-state index is 0.0247. The van der Waals surface area contributed by atoms with Crippen molar-refractivity contribution in [2.45, 2.75) is 76.9 Å². The van der Waals surface area contributed by atoms with E-state index < -0.39 is 66.0 Å². The Morgan fingerprint density at radius 2 is 1.40 bits per heavy atom. The lowest BCUT2D eigenvalue weighted by molar-refractivity contribution is -0.141. The van der Waals surface area contributed by atoms with Crippen LogP contribution in [0.3, 0.4) is 0 Å². The number of amides is 5. The van der Waals surface area contributed by atoms with Crippen molar-refractivity contribution in [1.82, 2.24) is 21.4 Å². The number of phenols is 1. The third kappa shape index (κ3) is 13.4. The number of hydrogen-bond donors (Lipinski definition) is 9. The molecule has 0 saturated heterocycles. The van der Waals surface area contributed by atoms with E-state index in [1.165, 1.54) is 29.7 Å². The summed E-state index contributed by atoms with van der Waals surface area (Å²) in [4.78, 5) is 74.8. The molecule has 0 aliphatic heterocycles. The second kappa shape index (κ2) is 18.2. The van der Waals surface area contributed by atoms with Crippen molar-refractivity contribution in [1.29, 1.82) is 0 Å². The number of carboxylic acids is 1. The summed E-state index contributed by atoms with van der Waals surface area (Å²) >= 11 is 0.